The van der Waals surface area contributed by atoms with Crippen LogP contribution in [0, 0.1) is 0 Å². The molecule has 2 N–H and O–H groups in total. The van der Waals surface area contributed by atoms with Gasteiger partial charge in [0, 0.05) is 34.9 Å². The molecule has 1 aromatic heterocycles. The van der Waals surface area contributed by atoms with E-state index in [2.05, 4.69) is 15.6 Å². The third kappa shape index (κ3) is 4.77. The molecule has 0 spiro atoms. The summed E-state index contributed by atoms with van der Waals surface area (Å²) < 4.78 is 0. The number of carbonyl (C=O) groups is 4. The Morgan fingerprint density at radius 2 is 1.50 bits per heavy atom. The predicted octanol–water partition coefficient (Wildman–Crippen LogP) is 4.49. The summed E-state index contributed by atoms with van der Waals surface area (Å²) >= 11 is 1.32. The summed E-state index contributed by atoms with van der Waals surface area (Å²) in [6.45, 7) is 0.264. The molecule has 36 heavy (non-hydrogen) atoms. The minimum atomic E-state index is -0.430. The number of thiazole rings is 1. The number of aromatic nitrogens is 1. The third-order valence-corrected chi connectivity index (χ3v) is 6.45. The lowest BCUT2D eigenvalue weighted by molar-refractivity contribution is 0.0655. The maximum absolute atomic E-state index is 12.9. The van der Waals surface area contributed by atoms with E-state index in [-0.39, 0.29) is 29.5 Å². The van der Waals surface area contributed by atoms with Gasteiger partial charge in [-0.25, -0.2) is 4.98 Å². The fourth-order valence-electron chi connectivity index (χ4n) is 3.88. The number of rotatable bonds is 7. The molecule has 4 amide bonds. The van der Waals surface area contributed by atoms with Crippen LogP contribution in [0.3, 0.4) is 0 Å². The van der Waals surface area contributed by atoms with E-state index in [1.165, 1.54) is 34.4 Å². The van der Waals surface area contributed by atoms with Gasteiger partial charge >= 0.3 is 0 Å². The van der Waals surface area contributed by atoms with E-state index >= 15 is 0 Å². The molecule has 0 saturated carbocycles. The van der Waals surface area contributed by atoms with Crippen molar-refractivity contribution in [3.8, 4) is 0 Å². The standard InChI is InChI=1S/C27H20N4O4S/c32-23(30-27-28-13-15-36-27)18-6-9-20(10-7-18)29-24(33)19-8-11-21-22(16-19)26(35)31(25(21)34)14-12-17-4-2-1-3-5-17/h1-11,13,15-16H,12,14H2,(H,29,33)(H,28,30,32). The second kappa shape index (κ2) is 9.93. The second-order valence-corrected chi connectivity index (χ2v) is 8.98. The van der Waals surface area contributed by atoms with Gasteiger partial charge in [0.2, 0.25) is 0 Å². The number of fused-ring (bicyclic) bond motifs is 1. The Labute approximate surface area is 210 Å². The molecule has 2 heterocycles. The van der Waals surface area contributed by atoms with Crippen LogP contribution in [0.1, 0.15) is 47.0 Å². The van der Waals surface area contributed by atoms with E-state index in [0.29, 0.717) is 28.4 Å². The zero-order chi connectivity index (χ0) is 25.1. The van der Waals surface area contributed by atoms with Crippen LogP contribution in [0.25, 0.3) is 0 Å². The topological polar surface area (TPSA) is 108 Å². The van der Waals surface area contributed by atoms with Gasteiger partial charge in [0.05, 0.1) is 11.1 Å². The largest absolute Gasteiger partial charge is 0.322 e. The highest BCUT2D eigenvalue weighted by molar-refractivity contribution is 7.13. The van der Waals surface area contributed by atoms with Crippen LogP contribution >= 0.6 is 11.3 Å². The summed E-state index contributed by atoms with van der Waals surface area (Å²) in [5, 5.41) is 7.71. The van der Waals surface area contributed by atoms with Crippen LogP contribution in [0.4, 0.5) is 10.8 Å². The molecule has 9 heteroatoms. The smallest absolute Gasteiger partial charge is 0.261 e. The summed E-state index contributed by atoms with van der Waals surface area (Å²) in [7, 11) is 0. The number of benzene rings is 3. The molecule has 1 aliphatic rings. The molecule has 5 rings (SSSR count). The van der Waals surface area contributed by atoms with E-state index in [4.69, 9.17) is 0 Å². The van der Waals surface area contributed by atoms with Crippen LogP contribution in [0.5, 0.6) is 0 Å². The second-order valence-electron chi connectivity index (χ2n) is 8.08. The number of hydrogen-bond acceptors (Lipinski definition) is 6. The molecule has 0 atom stereocenters. The first kappa shape index (κ1) is 23.1. The lowest BCUT2D eigenvalue weighted by Crippen LogP contribution is -2.31. The minimum Gasteiger partial charge on any atom is -0.322 e. The highest BCUT2D eigenvalue weighted by Gasteiger charge is 2.35. The highest BCUT2D eigenvalue weighted by atomic mass is 32.1. The van der Waals surface area contributed by atoms with Crippen LogP contribution in [-0.4, -0.2) is 40.1 Å². The molecule has 4 aromatic rings. The van der Waals surface area contributed by atoms with Crippen molar-refractivity contribution >= 4 is 45.8 Å². The van der Waals surface area contributed by atoms with Crippen molar-refractivity contribution < 1.29 is 19.2 Å². The van der Waals surface area contributed by atoms with Gasteiger partial charge in [-0.2, -0.15) is 0 Å². The average molecular weight is 497 g/mol. The van der Waals surface area contributed by atoms with Crippen LogP contribution < -0.4 is 10.6 Å². The SMILES string of the molecule is O=C(Nc1ccc(C(=O)Nc2nccs2)cc1)c1ccc2c(c1)C(=O)N(CCc1ccccc1)C2=O. The Balaban J connectivity index is 1.24. The average Bonchev–Trinajstić information content (AvgIpc) is 3.50. The number of nitrogens with zero attached hydrogens (tertiary/aromatic N) is 2. The van der Waals surface area contributed by atoms with Gasteiger partial charge in [0.25, 0.3) is 23.6 Å². The molecule has 0 unspecified atom stereocenters. The molecule has 0 radical (unpaired) electrons. The Hall–Kier alpha value is -4.63. The molecule has 178 valence electrons. The lowest BCUT2D eigenvalue weighted by atomic mass is 10.1. The number of anilines is 2. The fourth-order valence-corrected chi connectivity index (χ4v) is 4.41. The Bertz CT molecular complexity index is 1450. The van der Waals surface area contributed by atoms with Gasteiger partial charge in [0.1, 0.15) is 0 Å². The molecule has 8 nitrogen and oxygen atoms in total. The van der Waals surface area contributed by atoms with E-state index < -0.39 is 11.8 Å². The summed E-state index contributed by atoms with van der Waals surface area (Å²) in [5.41, 5.74) is 2.69. The van der Waals surface area contributed by atoms with Gasteiger partial charge < -0.3 is 5.32 Å². The first-order valence-electron chi connectivity index (χ1n) is 11.2. The van der Waals surface area contributed by atoms with E-state index in [1.807, 2.05) is 30.3 Å². The summed E-state index contributed by atoms with van der Waals surface area (Å²) in [5.74, 6) is -1.50. The lowest BCUT2D eigenvalue weighted by Gasteiger charge is -2.13. The monoisotopic (exact) mass is 496 g/mol. The van der Waals surface area contributed by atoms with Crippen molar-refractivity contribution in [3.63, 3.8) is 0 Å². The number of nitrogens with one attached hydrogen (secondary N) is 2. The molecular formula is C27H20N4O4S. The fraction of sp³-hybridized carbons (Fsp3) is 0.0741. The molecule has 0 bridgehead atoms. The maximum Gasteiger partial charge on any atom is 0.261 e. The Morgan fingerprint density at radius 3 is 2.22 bits per heavy atom. The first-order valence-corrected chi connectivity index (χ1v) is 12.0. The number of imide groups is 1. The Kier molecular flexibility index (Phi) is 6.38. The molecule has 0 aliphatic carbocycles. The maximum atomic E-state index is 12.9. The van der Waals surface area contributed by atoms with Gasteiger partial charge in [-0.1, -0.05) is 30.3 Å². The van der Waals surface area contributed by atoms with Crippen molar-refractivity contribution in [1.82, 2.24) is 9.88 Å². The zero-order valence-corrected chi connectivity index (χ0v) is 19.7. The summed E-state index contributed by atoms with van der Waals surface area (Å²) in [6.07, 6.45) is 2.15. The third-order valence-electron chi connectivity index (χ3n) is 5.76. The van der Waals surface area contributed by atoms with Gasteiger partial charge in [-0.15, -0.1) is 11.3 Å². The molecular weight excluding hydrogens is 476 g/mol. The van der Waals surface area contributed by atoms with Crippen molar-refractivity contribution in [2.24, 2.45) is 0 Å². The van der Waals surface area contributed by atoms with E-state index in [0.717, 1.165) is 5.56 Å². The first-order chi connectivity index (χ1) is 17.5. The number of hydrogen-bond donors (Lipinski definition) is 2. The molecule has 3 aromatic carbocycles. The zero-order valence-electron chi connectivity index (χ0n) is 18.9. The number of amides is 4. The Morgan fingerprint density at radius 1 is 0.806 bits per heavy atom. The van der Waals surface area contributed by atoms with E-state index in [1.54, 1.807) is 35.8 Å². The quantitative estimate of drug-likeness (QED) is 0.367. The van der Waals surface area contributed by atoms with Gasteiger partial charge in [-0.3, -0.25) is 29.4 Å². The van der Waals surface area contributed by atoms with Crippen LogP contribution in [0.2, 0.25) is 0 Å². The molecule has 0 saturated heterocycles. The van der Waals surface area contributed by atoms with Crippen molar-refractivity contribution in [2.45, 2.75) is 6.42 Å². The predicted molar refractivity (Wildman–Crippen MR) is 136 cm³/mol. The van der Waals surface area contributed by atoms with Crippen molar-refractivity contribution in [1.29, 1.82) is 0 Å². The molecule has 0 fully saturated rings. The number of carbonyl (C=O) groups excluding carboxylic acids is 4. The van der Waals surface area contributed by atoms with Gasteiger partial charge in [-0.05, 0) is 54.4 Å². The summed E-state index contributed by atoms with van der Waals surface area (Å²) in [4.78, 5) is 56.0. The minimum absolute atomic E-state index is 0.218. The van der Waals surface area contributed by atoms with Crippen molar-refractivity contribution in [3.05, 3.63) is 112 Å². The molecule has 1 aliphatic heterocycles. The van der Waals surface area contributed by atoms with Gasteiger partial charge in [0.15, 0.2) is 5.13 Å². The van der Waals surface area contributed by atoms with E-state index in [9.17, 15) is 19.2 Å². The highest BCUT2D eigenvalue weighted by Crippen LogP contribution is 2.25. The van der Waals surface area contributed by atoms with Crippen molar-refractivity contribution in [2.75, 3.05) is 17.2 Å². The summed E-state index contributed by atoms with van der Waals surface area (Å²) in [6, 6.07) is 20.5. The van der Waals surface area contributed by atoms with Crippen LogP contribution in [0.15, 0.2) is 84.4 Å². The van der Waals surface area contributed by atoms with Crippen LogP contribution in [-0.2, 0) is 6.42 Å². The normalized spacial score (nSPS) is 12.4.